The van der Waals surface area contributed by atoms with E-state index < -0.39 is 17.2 Å². The Balaban J connectivity index is 2.37. The number of benzene rings is 1. The molecule has 20 heavy (non-hydrogen) atoms. The smallest absolute Gasteiger partial charge is 0.300 e. The van der Waals surface area contributed by atoms with Gasteiger partial charge in [-0.3, -0.25) is 14.5 Å². The van der Waals surface area contributed by atoms with Gasteiger partial charge in [-0.15, -0.1) is 0 Å². The number of methoxy groups -OCH3 is 1. The van der Waals surface area contributed by atoms with Gasteiger partial charge >= 0.3 is 0 Å². The van der Waals surface area contributed by atoms with E-state index in [0.717, 1.165) is 11.1 Å². The summed E-state index contributed by atoms with van der Waals surface area (Å²) in [7, 11) is 1.55. The lowest BCUT2D eigenvalue weighted by Crippen LogP contribution is -2.47. The van der Waals surface area contributed by atoms with E-state index in [-0.39, 0.29) is 0 Å². The Hall–Kier alpha value is -1.62. The third-order valence-corrected chi connectivity index (χ3v) is 4.38. The molecular formula is C15H14BrNO3. The zero-order valence-electron chi connectivity index (χ0n) is 11.5. The predicted molar refractivity (Wildman–Crippen MR) is 80.7 cm³/mol. The lowest BCUT2D eigenvalue weighted by atomic mass is 9.89. The van der Waals surface area contributed by atoms with Crippen molar-refractivity contribution in [3.8, 4) is 5.75 Å². The van der Waals surface area contributed by atoms with Crippen LogP contribution in [0.4, 0.5) is 5.69 Å². The zero-order chi connectivity index (χ0) is 14.7. The minimum Gasteiger partial charge on any atom is -0.497 e. The van der Waals surface area contributed by atoms with E-state index in [1.807, 2.05) is 26.0 Å². The molecule has 2 aliphatic rings. The van der Waals surface area contributed by atoms with Crippen molar-refractivity contribution in [3.05, 3.63) is 29.3 Å². The Labute approximate surface area is 125 Å². The lowest BCUT2D eigenvalue weighted by molar-refractivity contribution is -0.115. The van der Waals surface area contributed by atoms with Crippen LogP contribution in [0.25, 0.3) is 5.57 Å². The minimum absolute atomic E-state index is 0.434. The fourth-order valence-corrected chi connectivity index (χ4v) is 3.40. The molecule has 3 rings (SSSR count). The van der Waals surface area contributed by atoms with Gasteiger partial charge in [0.05, 0.1) is 23.9 Å². The van der Waals surface area contributed by atoms with Crippen molar-refractivity contribution in [3.63, 3.8) is 0 Å². The molecule has 0 saturated heterocycles. The molecule has 104 valence electrons. The standard InChI is InChI=1S/C15H14BrNO3/c1-15(2)6-8(7-16)10-4-9(20-3)5-11-12(10)17(15)14(19)13(11)18/h4-6H,7H2,1-3H3. The van der Waals surface area contributed by atoms with Crippen LogP contribution < -0.4 is 9.64 Å². The Morgan fingerprint density at radius 2 is 1.90 bits per heavy atom. The summed E-state index contributed by atoms with van der Waals surface area (Å²) in [4.78, 5) is 26.1. The van der Waals surface area contributed by atoms with Crippen LogP contribution in [0.15, 0.2) is 18.2 Å². The van der Waals surface area contributed by atoms with E-state index in [1.165, 1.54) is 0 Å². The highest BCUT2D eigenvalue weighted by Crippen LogP contribution is 2.47. The van der Waals surface area contributed by atoms with Crippen LogP contribution in [0.3, 0.4) is 0 Å². The van der Waals surface area contributed by atoms with E-state index in [9.17, 15) is 9.59 Å². The lowest BCUT2D eigenvalue weighted by Gasteiger charge is -2.38. The second-order valence-corrected chi connectivity index (χ2v) is 6.06. The average Bonchev–Trinajstić information content (AvgIpc) is 2.68. The molecule has 0 aromatic heterocycles. The van der Waals surface area contributed by atoms with Gasteiger partial charge in [0.2, 0.25) is 0 Å². The second kappa shape index (κ2) is 4.19. The highest BCUT2D eigenvalue weighted by Gasteiger charge is 2.47. The first-order valence-corrected chi connectivity index (χ1v) is 7.42. The summed E-state index contributed by atoms with van der Waals surface area (Å²) in [6, 6.07) is 3.52. The molecule has 2 heterocycles. The molecule has 0 N–H and O–H groups in total. The number of hydrogen-bond acceptors (Lipinski definition) is 3. The molecule has 1 aromatic carbocycles. The molecule has 4 nitrogen and oxygen atoms in total. The number of rotatable bonds is 2. The summed E-state index contributed by atoms with van der Waals surface area (Å²) in [6.45, 7) is 3.87. The third-order valence-electron chi connectivity index (χ3n) is 3.78. The number of carbonyl (C=O) groups is 2. The molecule has 0 fully saturated rings. The SMILES string of the molecule is COc1cc2c3c(c1)C(CBr)=CC(C)(C)N3C(=O)C2=O. The Morgan fingerprint density at radius 3 is 2.50 bits per heavy atom. The maximum absolute atomic E-state index is 12.3. The van der Waals surface area contributed by atoms with Gasteiger partial charge in [-0.25, -0.2) is 0 Å². The maximum atomic E-state index is 12.3. The Kier molecular flexibility index (Phi) is 2.80. The van der Waals surface area contributed by atoms with Gasteiger partial charge in [0, 0.05) is 10.9 Å². The van der Waals surface area contributed by atoms with Crippen LogP contribution >= 0.6 is 15.9 Å². The van der Waals surface area contributed by atoms with Gasteiger partial charge in [0.25, 0.3) is 11.7 Å². The van der Waals surface area contributed by atoms with Gasteiger partial charge in [-0.05, 0) is 31.6 Å². The van der Waals surface area contributed by atoms with Crippen molar-refractivity contribution in [1.82, 2.24) is 0 Å². The van der Waals surface area contributed by atoms with Crippen LogP contribution in [-0.4, -0.2) is 29.7 Å². The van der Waals surface area contributed by atoms with Crippen molar-refractivity contribution in [2.75, 3.05) is 17.3 Å². The molecule has 1 aromatic rings. The molecule has 0 radical (unpaired) electrons. The monoisotopic (exact) mass is 335 g/mol. The van der Waals surface area contributed by atoms with Gasteiger partial charge < -0.3 is 4.74 Å². The first kappa shape index (κ1) is 13.4. The quantitative estimate of drug-likeness (QED) is 0.616. The third kappa shape index (κ3) is 1.59. The van der Waals surface area contributed by atoms with Crippen molar-refractivity contribution < 1.29 is 14.3 Å². The van der Waals surface area contributed by atoms with E-state index in [1.54, 1.807) is 18.1 Å². The second-order valence-electron chi connectivity index (χ2n) is 5.50. The number of allylic oxidation sites excluding steroid dienone is 1. The van der Waals surface area contributed by atoms with Gasteiger partial charge in [0.15, 0.2) is 0 Å². The summed E-state index contributed by atoms with van der Waals surface area (Å²) in [6.07, 6.45) is 2.02. The van der Waals surface area contributed by atoms with Crippen molar-refractivity contribution >= 4 is 38.9 Å². The van der Waals surface area contributed by atoms with Gasteiger partial charge in [-0.2, -0.15) is 0 Å². The van der Waals surface area contributed by atoms with E-state index in [4.69, 9.17) is 4.74 Å². The van der Waals surface area contributed by atoms with Gasteiger partial charge in [-0.1, -0.05) is 22.0 Å². The topological polar surface area (TPSA) is 46.6 Å². The highest BCUT2D eigenvalue weighted by atomic mass is 79.9. The molecule has 5 heteroatoms. The summed E-state index contributed by atoms with van der Waals surface area (Å²) >= 11 is 3.48. The molecule has 1 amide bonds. The molecule has 0 saturated carbocycles. The zero-order valence-corrected chi connectivity index (χ0v) is 13.1. The average molecular weight is 336 g/mol. The van der Waals surface area contributed by atoms with Crippen molar-refractivity contribution in [2.45, 2.75) is 19.4 Å². The van der Waals surface area contributed by atoms with Crippen LogP contribution in [-0.2, 0) is 4.79 Å². The van der Waals surface area contributed by atoms with Gasteiger partial charge in [0.1, 0.15) is 5.75 Å². The maximum Gasteiger partial charge on any atom is 0.300 e. The molecule has 0 bridgehead atoms. The Morgan fingerprint density at radius 1 is 1.25 bits per heavy atom. The van der Waals surface area contributed by atoms with E-state index in [0.29, 0.717) is 22.3 Å². The van der Waals surface area contributed by atoms with Crippen LogP contribution in [0.2, 0.25) is 0 Å². The molecule has 0 spiro atoms. The Bertz CT molecular complexity index is 676. The minimum atomic E-state index is -0.511. The number of halogens is 1. The fraction of sp³-hybridized carbons (Fsp3) is 0.333. The summed E-state index contributed by atoms with van der Waals surface area (Å²) in [5.41, 5.74) is 2.58. The van der Waals surface area contributed by atoms with Crippen molar-refractivity contribution in [2.24, 2.45) is 0 Å². The van der Waals surface area contributed by atoms with E-state index >= 15 is 0 Å². The largest absolute Gasteiger partial charge is 0.497 e. The summed E-state index contributed by atoms with van der Waals surface area (Å²) < 4.78 is 5.25. The first-order chi connectivity index (χ1) is 9.40. The normalized spacial score (nSPS) is 19.0. The molecule has 0 aliphatic carbocycles. The van der Waals surface area contributed by atoms with E-state index in [2.05, 4.69) is 15.9 Å². The number of ketones is 1. The number of carbonyl (C=O) groups excluding carboxylic acids is 2. The number of hydrogen-bond donors (Lipinski definition) is 0. The number of alkyl halides is 1. The molecule has 0 unspecified atom stereocenters. The van der Waals surface area contributed by atoms with Crippen molar-refractivity contribution in [1.29, 1.82) is 0 Å². The summed E-state index contributed by atoms with van der Waals surface area (Å²) in [5, 5.41) is 0.659. The fourth-order valence-electron chi connectivity index (χ4n) is 2.93. The number of Topliss-reactive ketones (excluding diaryl/α,β-unsaturated/α-hetero) is 1. The molecular weight excluding hydrogens is 322 g/mol. The van der Waals surface area contributed by atoms with Crippen LogP contribution in [0.5, 0.6) is 5.75 Å². The number of nitrogens with zero attached hydrogens (tertiary/aromatic N) is 1. The van der Waals surface area contributed by atoms with Crippen LogP contribution in [0, 0.1) is 0 Å². The number of anilines is 1. The summed E-state index contributed by atoms with van der Waals surface area (Å²) in [5.74, 6) is -0.338. The predicted octanol–water partition coefficient (Wildman–Crippen LogP) is 2.80. The number of amides is 1. The molecule has 2 aliphatic heterocycles. The number of ether oxygens (including phenoxy) is 1. The molecule has 0 atom stereocenters. The highest BCUT2D eigenvalue weighted by molar-refractivity contribution is 9.09. The first-order valence-electron chi connectivity index (χ1n) is 6.29. The van der Waals surface area contributed by atoms with Crippen LogP contribution in [0.1, 0.15) is 29.8 Å².